The standard InChI is InChI=1S/C18H25FO/c19-17-8-4-3-7-15(17)12-18(20)16-10-9-13-5-1-2-6-14(13)11-16/h3-4,7-8,13-14,16,18,20H,1-2,5-6,9-12H2. The lowest BCUT2D eigenvalue weighted by molar-refractivity contribution is 0.0356. The molecule has 0 aromatic heterocycles. The van der Waals surface area contributed by atoms with Gasteiger partial charge in [0.15, 0.2) is 0 Å². The zero-order valence-electron chi connectivity index (χ0n) is 12.1. The van der Waals surface area contributed by atoms with Gasteiger partial charge in [-0.1, -0.05) is 43.9 Å². The van der Waals surface area contributed by atoms with Gasteiger partial charge < -0.3 is 5.11 Å². The van der Waals surface area contributed by atoms with Crippen LogP contribution in [0.2, 0.25) is 0 Å². The first-order chi connectivity index (χ1) is 9.74. The molecule has 1 aromatic carbocycles. The number of hydrogen-bond donors (Lipinski definition) is 1. The Morgan fingerprint density at radius 1 is 1.05 bits per heavy atom. The third-order valence-corrected chi connectivity index (χ3v) is 5.51. The van der Waals surface area contributed by atoms with E-state index in [1.54, 1.807) is 12.1 Å². The summed E-state index contributed by atoms with van der Waals surface area (Å²) >= 11 is 0. The molecule has 4 unspecified atom stereocenters. The molecular weight excluding hydrogens is 251 g/mol. The van der Waals surface area contributed by atoms with Gasteiger partial charge in [-0.25, -0.2) is 4.39 Å². The van der Waals surface area contributed by atoms with Crippen LogP contribution in [0.3, 0.4) is 0 Å². The molecule has 0 bridgehead atoms. The lowest BCUT2D eigenvalue weighted by atomic mass is 9.66. The summed E-state index contributed by atoms with van der Waals surface area (Å²) in [5.74, 6) is 1.91. The molecule has 2 aliphatic carbocycles. The Kier molecular flexibility index (Phi) is 4.40. The molecule has 110 valence electrons. The van der Waals surface area contributed by atoms with E-state index in [1.807, 2.05) is 6.07 Å². The smallest absolute Gasteiger partial charge is 0.126 e. The minimum absolute atomic E-state index is 0.182. The minimum atomic E-state index is -0.380. The van der Waals surface area contributed by atoms with E-state index in [0.717, 1.165) is 24.7 Å². The average Bonchev–Trinajstić information content (AvgIpc) is 2.49. The van der Waals surface area contributed by atoms with Crippen LogP contribution in [0.4, 0.5) is 4.39 Å². The van der Waals surface area contributed by atoms with Gasteiger partial charge in [-0.3, -0.25) is 0 Å². The Labute approximate surface area is 121 Å². The van der Waals surface area contributed by atoms with Crippen molar-refractivity contribution in [3.05, 3.63) is 35.6 Å². The van der Waals surface area contributed by atoms with Crippen LogP contribution < -0.4 is 0 Å². The van der Waals surface area contributed by atoms with E-state index in [-0.39, 0.29) is 11.9 Å². The third kappa shape index (κ3) is 3.06. The molecule has 0 heterocycles. The highest BCUT2D eigenvalue weighted by atomic mass is 19.1. The van der Waals surface area contributed by atoms with Gasteiger partial charge in [-0.2, -0.15) is 0 Å². The summed E-state index contributed by atoms with van der Waals surface area (Å²) in [5, 5.41) is 10.5. The first-order valence-electron chi connectivity index (χ1n) is 8.15. The Hall–Kier alpha value is -0.890. The first kappa shape index (κ1) is 14.1. The van der Waals surface area contributed by atoms with E-state index < -0.39 is 0 Å². The van der Waals surface area contributed by atoms with Gasteiger partial charge in [-0.05, 0) is 48.6 Å². The summed E-state index contributed by atoms with van der Waals surface area (Å²) in [6.45, 7) is 0. The van der Waals surface area contributed by atoms with Crippen molar-refractivity contribution in [1.29, 1.82) is 0 Å². The zero-order valence-corrected chi connectivity index (χ0v) is 12.1. The van der Waals surface area contributed by atoms with Crippen molar-refractivity contribution >= 4 is 0 Å². The molecule has 0 spiro atoms. The normalized spacial score (nSPS) is 31.6. The van der Waals surface area contributed by atoms with Crippen molar-refractivity contribution < 1.29 is 9.50 Å². The van der Waals surface area contributed by atoms with Crippen molar-refractivity contribution in [2.45, 2.75) is 57.5 Å². The molecule has 1 nitrogen and oxygen atoms in total. The molecule has 0 aliphatic heterocycles. The molecule has 0 saturated heterocycles. The molecule has 0 amide bonds. The largest absolute Gasteiger partial charge is 0.392 e. The van der Waals surface area contributed by atoms with Crippen LogP contribution in [0, 0.1) is 23.6 Å². The van der Waals surface area contributed by atoms with Gasteiger partial charge in [0.05, 0.1) is 6.10 Å². The molecule has 1 N–H and O–H groups in total. The van der Waals surface area contributed by atoms with Crippen LogP contribution in [-0.2, 0) is 6.42 Å². The first-order valence-corrected chi connectivity index (χ1v) is 8.15. The van der Waals surface area contributed by atoms with Crippen molar-refractivity contribution in [2.75, 3.05) is 0 Å². The Morgan fingerprint density at radius 2 is 1.80 bits per heavy atom. The Morgan fingerprint density at radius 3 is 2.60 bits per heavy atom. The second-order valence-corrected chi connectivity index (χ2v) is 6.74. The second-order valence-electron chi connectivity index (χ2n) is 6.74. The molecule has 3 rings (SSSR count). The van der Waals surface area contributed by atoms with Crippen molar-refractivity contribution in [3.8, 4) is 0 Å². The Bertz CT molecular complexity index is 445. The molecule has 20 heavy (non-hydrogen) atoms. The van der Waals surface area contributed by atoms with E-state index in [9.17, 15) is 9.50 Å². The van der Waals surface area contributed by atoms with Gasteiger partial charge in [-0.15, -0.1) is 0 Å². The Balaban J connectivity index is 1.60. The summed E-state index contributed by atoms with van der Waals surface area (Å²) < 4.78 is 13.7. The summed E-state index contributed by atoms with van der Waals surface area (Å²) in [6.07, 6.45) is 9.11. The lowest BCUT2D eigenvalue weighted by Gasteiger charge is -2.40. The molecular formula is C18H25FO. The summed E-state index contributed by atoms with van der Waals surface area (Å²) in [5.41, 5.74) is 0.658. The number of halogens is 1. The number of hydrogen-bond acceptors (Lipinski definition) is 1. The quantitative estimate of drug-likeness (QED) is 0.871. The maximum absolute atomic E-state index is 13.7. The molecule has 2 saturated carbocycles. The molecule has 4 atom stereocenters. The second kappa shape index (κ2) is 6.26. The number of aliphatic hydroxyl groups excluding tert-OH is 1. The number of fused-ring (bicyclic) bond motifs is 1. The van der Waals surface area contributed by atoms with E-state index >= 15 is 0 Å². The maximum Gasteiger partial charge on any atom is 0.126 e. The van der Waals surface area contributed by atoms with Crippen LogP contribution in [0.15, 0.2) is 24.3 Å². The highest BCUT2D eigenvalue weighted by molar-refractivity contribution is 5.18. The SMILES string of the molecule is OC(Cc1ccccc1F)C1CCC2CCCCC2C1. The van der Waals surface area contributed by atoms with Crippen LogP contribution in [0.1, 0.15) is 50.5 Å². The van der Waals surface area contributed by atoms with Gasteiger partial charge >= 0.3 is 0 Å². The van der Waals surface area contributed by atoms with Crippen LogP contribution in [0.5, 0.6) is 0 Å². The van der Waals surface area contributed by atoms with Crippen molar-refractivity contribution in [1.82, 2.24) is 0 Å². The monoisotopic (exact) mass is 276 g/mol. The average molecular weight is 276 g/mol. The van der Waals surface area contributed by atoms with E-state index in [4.69, 9.17) is 0 Å². The highest BCUT2D eigenvalue weighted by Crippen LogP contribution is 2.43. The summed E-state index contributed by atoms with van der Waals surface area (Å²) in [6, 6.07) is 6.84. The van der Waals surface area contributed by atoms with Crippen LogP contribution in [-0.4, -0.2) is 11.2 Å². The molecule has 2 fully saturated rings. The number of rotatable bonds is 3. The molecule has 2 heteroatoms. The van der Waals surface area contributed by atoms with Crippen molar-refractivity contribution in [3.63, 3.8) is 0 Å². The van der Waals surface area contributed by atoms with E-state index in [2.05, 4.69) is 0 Å². The number of benzene rings is 1. The zero-order chi connectivity index (χ0) is 13.9. The van der Waals surface area contributed by atoms with Gasteiger partial charge in [0, 0.05) is 6.42 Å². The highest BCUT2D eigenvalue weighted by Gasteiger charge is 2.34. The minimum Gasteiger partial charge on any atom is -0.392 e. The summed E-state index contributed by atoms with van der Waals surface area (Å²) in [7, 11) is 0. The topological polar surface area (TPSA) is 20.2 Å². The van der Waals surface area contributed by atoms with Gasteiger partial charge in [0.25, 0.3) is 0 Å². The van der Waals surface area contributed by atoms with Crippen molar-refractivity contribution in [2.24, 2.45) is 17.8 Å². The van der Waals surface area contributed by atoms with E-state index in [0.29, 0.717) is 17.9 Å². The molecule has 1 aromatic rings. The maximum atomic E-state index is 13.7. The van der Waals surface area contributed by atoms with Crippen LogP contribution in [0.25, 0.3) is 0 Å². The van der Waals surface area contributed by atoms with E-state index in [1.165, 1.54) is 38.2 Å². The van der Waals surface area contributed by atoms with Gasteiger partial charge in [0.1, 0.15) is 5.82 Å². The van der Waals surface area contributed by atoms with Gasteiger partial charge in [0.2, 0.25) is 0 Å². The van der Waals surface area contributed by atoms with Crippen LogP contribution >= 0.6 is 0 Å². The third-order valence-electron chi connectivity index (χ3n) is 5.51. The predicted octanol–water partition coefficient (Wildman–Crippen LogP) is 4.34. The summed E-state index contributed by atoms with van der Waals surface area (Å²) in [4.78, 5) is 0. The number of aliphatic hydroxyl groups is 1. The lowest BCUT2D eigenvalue weighted by Crippen LogP contribution is -2.34. The fraction of sp³-hybridized carbons (Fsp3) is 0.667. The molecule has 2 aliphatic rings. The fourth-order valence-corrected chi connectivity index (χ4v) is 4.32. The molecule has 0 radical (unpaired) electrons. The predicted molar refractivity (Wildman–Crippen MR) is 78.9 cm³/mol. The fourth-order valence-electron chi connectivity index (χ4n) is 4.32.